The first-order valence-electron chi connectivity index (χ1n) is 8.80. The second kappa shape index (κ2) is 6.88. The Morgan fingerprint density at radius 2 is 1.85 bits per heavy atom. The van der Waals surface area contributed by atoms with E-state index in [1.54, 1.807) is 12.4 Å². The van der Waals surface area contributed by atoms with Crippen LogP contribution in [0.15, 0.2) is 41.1 Å². The van der Waals surface area contributed by atoms with E-state index in [4.69, 9.17) is 14.1 Å². The fourth-order valence-electron chi connectivity index (χ4n) is 3.19. The van der Waals surface area contributed by atoms with Crippen molar-refractivity contribution >= 4 is 5.82 Å². The Balaban J connectivity index is 1.67. The van der Waals surface area contributed by atoms with E-state index in [2.05, 4.69) is 21.8 Å². The molecule has 0 amide bonds. The van der Waals surface area contributed by atoms with Gasteiger partial charge in [0.15, 0.2) is 5.82 Å². The summed E-state index contributed by atoms with van der Waals surface area (Å²) in [6, 6.07) is 7.83. The average Bonchev–Trinajstić information content (AvgIpc) is 3.11. The summed E-state index contributed by atoms with van der Waals surface area (Å²) in [5.74, 6) is 3.45. The lowest BCUT2D eigenvalue weighted by atomic mass is 10.1. The van der Waals surface area contributed by atoms with Gasteiger partial charge in [0.05, 0.1) is 13.2 Å². The minimum absolute atomic E-state index is 0.0866. The second-order valence-electron chi connectivity index (χ2n) is 6.57. The highest BCUT2D eigenvalue weighted by molar-refractivity contribution is 5.60. The van der Waals surface area contributed by atoms with Gasteiger partial charge in [-0.15, -0.1) is 0 Å². The molecule has 1 fully saturated rings. The summed E-state index contributed by atoms with van der Waals surface area (Å²) in [5, 5.41) is 0. The third-order valence-electron chi connectivity index (χ3n) is 4.75. The lowest BCUT2D eigenvalue weighted by molar-refractivity contribution is 0.0250. The zero-order valence-electron chi connectivity index (χ0n) is 15.3. The number of rotatable bonds is 3. The van der Waals surface area contributed by atoms with Gasteiger partial charge in [0.2, 0.25) is 0 Å². The number of aryl methyl sites for hydroxylation is 2. The highest BCUT2D eigenvalue weighted by Crippen LogP contribution is 2.30. The maximum absolute atomic E-state index is 5.93. The van der Waals surface area contributed by atoms with Crippen molar-refractivity contribution in [1.29, 1.82) is 0 Å². The lowest BCUT2D eigenvalue weighted by Gasteiger charge is -2.34. The number of furan rings is 1. The van der Waals surface area contributed by atoms with Gasteiger partial charge in [0.1, 0.15) is 23.4 Å². The van der Waals surface area contributed by atoms with Crippen LogP contribution in [-0.4, -0.2) is 34.6 Å². The van der Waals surface area contributed by atoms with Gasteiger partial charge in [-0.2, -0.15) is 0 Å². The Bertz CT molecular complexity index is 907. The van der Waals surface area contributed by atoms with Gasteiger partial charge < -0.3 is 14.1 Å². The molecule has 0 aliphatic carbocycles. The molecule has 0 bridgehead atoms. The fourth-order valence-corrected chi connectivity index (χ4v) is 3.19. The molecule has 0 aromatic carbocycles. The van der Waals surface area contributed by atoms with Gasteiger partial charge in [-0.1, -0.05) is 0 Å². The van der Waals surface area contributed by atoms with Crippen LogP contribution >= 0.6 is 0 Å². The maximum Gasteiger partial charge on any atom is 0.161 e. The molecule has 1 unspecified atom stereocenters. The topological polar surface area (TPSA) is 64.3 Å². The van der Waals surface area contributed by atoms with E-state index in [9.17, 15) is 0 Å². The van der Waals surface area contributed by atoms with Gasteiger partial charge in [-0.3, -0.25) is 4.98 Å². The molecule has 134 valence electrons. The van der Waals surface area contributed by atoms with Crippen LogP contribution in [-0.2, 0) is 4.74 Å². The van der Waals surface area contributed by atoms with Crippen molar-refractivity contribution in [2.24, 2.45) is 0 Å². The van der Waals surface area contributed by atoms with E-state index < -0.39 is 0 Å². The first-order chi connectivity index (χ1) is 12.6. The Hall–Kier alpha value is -2.73. The van der Waals surface area contributed by atoms with Crippen molar-refractivity contribution in [3.05, 3.63) is 59.4 Å². The standard InChI is InChI=1S/C20H22N4O2/c1-13-4-5-17(26-13)18-12-24(10-11-25-18)20-14(2)15(3)22-19(23-20)16-6-8-21-9-7-16/h4-9,18H,10-12H2,1-3H3. The third-order valence-corrected chi connectivity index (χ3v) is 4.75. The first kappa shape index (κ1) is 16.7. The SMILES string of the molecule is Cc1ccc(C2CN(c3nc(-c4ccncc4)nc(C)c3C)CCO2)o1. The largest absolute Gasteiger partial charge is 0.464 e. The first-order valence-corrected chi connectivity index (χ1v) is 8.80. The van der Waals surface area contributed by atoms with E-state index in [-0.39, 0.29) is 6.10 Å². The fraction of sp³-hybridized carbons (Fsp3) is 0.350. The molecule has 4 heterocycles. The van der Waals surface area contributed by atoms with Crippen molar-refractivity contribution in [1.82, 2.24) is 15.0 Å². The van der Waals surface area contributed by atoms with E-state index in [0.29, 0.717) is 13.2 Å². The summed E-state index contributed by atoms with van der Waals surface area (Å²) < 4.78 is 11.7. The molecule has 1 aliphatic rings. The summed E-state index contributed by atoms with van der Waals surface area (Å²) in [4.78, 5) is 15.9. The van der Waals surface area contributed by atoms with E-state index in [0.717, 1.165) is 46.5 Å². The van der Waals surface area contributed by atoms with Gasteiger partial charge in [-0.25, -0.2) is 9.97 Å². The summed E-state index contributed by atoms with van der Waals surface area (Å²) in [5.41, 5.74) is 3.05. The van der Waals surface area contributed by atoms with Crippen LogP contribution in [0, 0.1) is 20.8 Å². The quantitative estimate of drug-likeness (QED) is 0.719. The lowest BCUT2D eigenvalue weighted by Crippen LogP contribution is -2.39. The Labute approximate surface area is 152 Å². The van der Waals surface area contributed by atoms with Gasteiger partial charge >= 0.3 is 0 Å². The van der Waals surface area contributed by atoms with Crippen molar-refractivity contribution in [3.63, 3.8) is 0 Å². The van der Waals surface area contributed by atoms with Gasteiger partial charge in [0.25, 0.3) is 0 Å². The summed E-state index contributed by atoms with van der Waals surface area (Å²) in [7, 11) is 0. The monoisotopic (exact) mass is 350 g/mol. The highest BCUT2D eigenvalue weighted by Gasteiger charge is 2.27. The molecular weight excluding hydrogens is 328 g/mol. The van der Waals surface area contributed by atoms with E-state index in [1.807, 2.05) is 38.1 Å². The Morgan fingerprint density at radius 3 is 2.58 bits per heavy atom. The predicted octanol–water partition coefficient (Wildman–Crippen LogP) is 3.63. The highest BCUT2D eigenvalue weighted by atomic mass is 16.5. The molecular formula is C20H22N4O2. The van der Waals surface area contributed by atoms with E-state index >= 15 is 0 Å². The summed E-state index contributed by atoms with van der Waals surface area (Å²) >= 11 is 0. The molecule has 0 saturated carbocycles. The number of hydrogen-bond donors (Lipinski definition) is 0. The molecule has 6 nitrogen and oxygen atoms in total. The smallest absolute Gasteiger partial charge is 0.161 e. The molecule has 3 aromatic heterocycles. The molecule has 1 aliphatic heterocycles. The normalized spacial score (nSPS) is 17.5. The van der Waals surface area contributed by atoms with Crippen molar-refractivity contribution < 1.29 is 9.15 Å². The Kier molecular flexibility index (Phi) is 4.42. The van der Waals surface area contributed by atoms with Crippen molar-refractivity contribution in [3.8, 4) is 11.4 Å². The van der Waals surface area contributed by atoms with Crippen LogP contribution < -0.4 is 4.90 Å². The molecule has 26 heavy (non-hydrogen) atoms. The molecule has 6 heteroatoms. The number of anilines is 1. The van der Waals surface area contributed by atoms with Crippen LogP contribution in [0.4, 0.5) is 5.82 Å². The molecule has 4 rings (SSSR count). The van der Waals surface area contributed by atoms with Crippen LogP contribution in [0.5, 0.6) is 0 Å². The second-order valence-corrected chi connectivity index (χ2v) is 6.57. The number of ether oxygens (including phenoxy) is 1. The minimum atomic E-state index is -0.0866. The molecule has 3 aromatic rings. The summed E-state index contributed by atoms with van der Waals surface area (Å²) in [6.45, 7) is 8.19. The van der Waals surface area contributed by atoms with Gasteiger partial charge in [0, 0.05) is 35.8 Å². The Morgan fingerprint density at radius 1 is 1.04 bits per heavy atom. The van der Waals surface area contributed by atoms with Crippen LogP contribution in [0.3, 0.4) is 0 Å². The zero-order valence-corrected chi connectivity index (χ0v) is 15.3. The molecule has 0 radical (unpaired) electrons. The molecule has 1 atom stereocenters. The summed E-state index contributed by atoms with van der Waals surface area (Å²) in [6.07, 6.45) is 3.44. The molecule has 1 saturated heterocycles. The van der Waals surface area contributed by atoms with Crippen LogP contribution in [0.2, 0.25) is 0 Å². The predicted molar refractivity (Wildman–Crippen MR) is 99.1 cm³/mol. The molecule has 0 N–H and O–H groups in total. The van der Waals surface area contributed by atoms with Gasteiger partial charge in [-0.05, 0) is 45.0 Å². The number of nitrogens with zero attached hydrogens (tertiary/aromatic N) is 4. The van der Waals surface area contributed by atoms with Crippen molar-refractivity contribution in [2.45, 2.75) is 26.9 Å². The number of pyridine rings is 1. The van der Waals surface area contributed by atoms with Crippen LogP contribution in [0.1, 0.15) is 28.9 Å². The van der Waals surface area contributed by atoms with Crippen molar-refractivity contribution in [2.75, 3.05) is 24.6 Å². The van der Waals surface area contributed by atoms with E-state index in [1.165, 1.54) is 0 Å². The number of morpholine rings is 1. The number of aromatic nitrogens is 3. The van der Waals surface area contributed by atoms with Crippen LogP contribution in [0.25, 0.3) is 11.4 Å². The molecule has 0 spiro atoms. The minimum Gasteiger partial charge on any atom is -0.464 e. The zero-order chi connectivity index (χ0) is 18.1. The third kappa shape index (κ3) is 3.20. The average molecular weight is 350 g/mol. The maximum atomic E-state index is 5.93. The number of hydrogen-bond acceptors (Lipinski definition) is 6.